The van der Waals surface area contributed by atoms with E-state index in [4.69, 9.17) is 4.99 Å². The van der Waals surface area contributed by atoms with Gasteiger partial charge >= 0.3 is 0 Å². The maximum Gasteiger partial charge on any atom is 0.0299 e. The fraction of sp³-hybridized carbons (Fsp3) is 0.722. The summed E-state index contributed by atoms with van der Waals surface area (Å²) in [6.45, 7) is 13.0. The van der Waals surface area contributed by atoms with E-state index in [1.165, 1.54) is 49.8 Å². The molecule has 0 saturated heterocycles. The van der Waals surface area contributed by atoms with Gasteiger partial charge < -0.3 is 0 Å². The summed E-state index contributed by atoms with van der Waals surface area (Å²) in [5.74, 6) is 0.787. The van der Waals surface area contributed by atoms with Gasteiger partial charge in [0, 0.05) is 17.3 Å². The van der Waals surface area contributed by atoms with Gasteiger partial charge in [0.25, 0.3) is 0 Å². The fourth-order valence-electron chi connectivity index (χ4n) is 2.83. The first-order chi connectivity index (χ1) is 9.04. The molecular weight excluding hydrogens is 230 g/mol. The van der Waals surface area contributed by atoms with Crippen molar-refractivity contribution in [2.75, 3.05) is 0 Å². The minimum Gasteiger partial charge on any atom is -0.265 e. The van der Waals surface area contributed by atoms with Crippen molar-refractivity contribution in [2.24, 2.45) is 16.3 Å². The number of hydrogen-bond acceptors (Lipinski definition) is 1. The lowest BCUT2D eigenvalue weighted by Gasteiger charge is -2.41. The summed E-state index contributed by atoms with van der Waals surface area (Å²) >= 11 is 0. The molecule has 0 aliphatic heterocycles. The highest BCUT2D eigenvalue weighted by Gasteiger charge is 2.37. The van der Waals surface area contributed by atoms with Gasteiger partial charge in [0.1, 0.15) is 0 Å². The van der Waals surface area contributed by atoms with E-state index >= 15 is 0 Å². The lowest BCUT2D eigenvalue weighted by Crippen LogP contribution is -2.35. The molecule has 0 amide bonds. The molecule has 1 nitrogen and oxygen atoms in total. The van der Waals surface area contributed by atoms with E-state index in [0.717, 1.165) is 12.3 Å². The molecule has 1 heteroatoms. The normalized spacial score (nSPS) is 19.4. The lowest BCUT2D eigenvalue weighted by atomic mass is 9.64. The number of nitrogens with zero attached hydrogens (tertiary/aromatic N) is 1. The van der Waals surface area contributed by atoms with E-state index in [1.54, 1.807) is 0 Å². The van der Waals surface area contributed by atoms with E-state index in [-0.39, 0.29) is 0 Å². The maximum absolute atomic E-state index is 4.74. The first-order valence-electron chi connectivity index (χ1n) is 7.90. The van der Waals surface area contributed by atoms with E-state index in [2.05, 4.69) is 40.5 Å². The Morgan fingerprint density at radius 2 is 2.05 bits per heavy atom. The molecule has 1 rings (SSSR count). The predicted molar refractivity (Wildman–Crippen MR) is 86.7 cm³/mol. The third kappa shape index (κ3) is 4.63. The molecular formula is C18H31N. The zero-order valence-corrected chi connectivity index (χ0v) is 13.3. The number of allylic oxidation sites excluding steroid dienone is 2. The molecule has 108 valence electrons. The van der Waals surface area contributed by atoms with Crippen LogP contribution in [-0.4, -0.2) is 5.71 Å². The summed E-state index contributed by atoms with van der Waals surface area (Å²) in [5, 5.41) is 0. The van der Waals surface area contributed by atoms with Gasteiger partial charge in [-0.05, 0) is 50.5 Å². The van der Waals surface area contributed by atoms with Gasteiger partial charge in [0.15, 0.2) is 0 Å². The SMILES string of the molecule is C=C/C(=C\N=C(C)C1(CC)CCC1)CCCC(C)C. The quantitative estimate of drug-likeness (QED) is 0.379. The molecule has 0 heterocycles. The van der Waals surface area contributed by atoms with Crippen molar-refractivity contribution >= 4 is 5.71 Å². The number of aliphatic imine (C=N–C) groups is 1. The van der Waals surface area contributed by atoms with Crippen molar-refractivity contribution in [2.45, 2.75) is 72.6 Å². The first-order valence-corrected chi connectivity index (χ1v) is 7.90. The smallest absolute Gasteiger partial charge is 0.0299 e. The monoisotopic (exact) mass is 261 g/mol. The Hall–Kier alpha value is -0.850. The van der Waals surface area contributed by atoms with Crippen LogP contribution in [0.2, 0.25) is 0 Å². The van der Waals surface area contributed by atoms with Crippen LogP contribution in [0.15, 0.2) is 29.4 Å². The van der Waals surface area contributed by atoms with Gasteiger partial charge in [0.2, 0.25) is 0 Å². The van der Waals surface area contributed by atoms with Crippen molar-refractivity contribution in [3.05, 3.63) is 24.4 Å². The van der Waals surface area contributed by atoms with Crippen LogP contribution in [0.4, 0.5) is 0 Å². The second-order valence-corrected chi connectivity index (χ2v) is 6.40. The molecule has 0 aromatic carbocycles. The minimum absolute atomic E-state index is 0.417. The molecule has 19 heavy (non-hydrogen) atoms. The molecule has 0 bridgehead atoms. The molecule has 1 aliphatic carbocycles. The highest BCUT2D eigenvalue weighted by molar-refractivity contribution is 5.89. The highest BCUT2D eigenvalue weighted by atomic mass is 14.7. The summed E-state index contributed by atoms with van der Waals surface area (Å²) in [7, 11) is 0. The van der Waals surface area contributed by atoms with E-state index in [1.807, 2.05) is 6.08 Å². The molecule has 1 aliphatic rings. The number of rotatable bonds is 8. The first kappa shape index (κ1) is 16.2. The zero-order chi connectivity index (χ0) is 14.3. The van der Waals surface area contributed by atoms with E-state index in [0.29, 0.717) is 5.41 Å². The molecule has 0 atom stereocenters. The summed E-state index contributed by atoms with van der Waals surface area (Å²) in [6.07, 6.45) is 12.9. The Morgan fingerprint density at radius 1 is 1.37 bits per heavy atom. The molecule has 1 fully saturated rings. The van der Waals surface area contributed by atoms with Gasteiger partial charge in [-0.1, -0.05) is 46.3 Å². The molecule has 0 radical (unpaired) electrons. The lowest BCUT2D eigenvalue weighted by molar-refractivity contribution is 0.223. The molecule has 1 saturated carbocycles. The average Bonchev–Trinajstić information content (AvgIpc) is 2.32. The van der Waals surface area contributed by atoms with E-state index in [9.17, 15) is 0 Å². The third-order valence-electron chi connectivity index (χ3n) is 4.69. The Kier molecular flexibility index (Phi) is 6.54. The van der Waals surface area contributed by atoms with Crippen LogP contribution in [0.5, 0.6) is 0 Å². The van der Waals surface area contributed by atoms with Crippen molar-refractivity contribution in [1.29, 1.82) is 0 Å². The average molecular weight is 261 g/mol. The molecule has 0 unspecified atom stereocenters. The maximum atomic E-state index is 4.74. The number of hydrogen-bond donors (Lipinski definition) is 0. The third-order valence-corrected chi connectivity index (χ3v) is 4.69. The largest absolute Gasteiger partial charge is 0.265 e. The summed E-state index contributed by atoms with van der Waals surface area (Å²) in [6, 6.07) is 0. The Labute approximate surface area is 119 Å². The zero-order valence-electron chi connectivity index (χ0n) is 13.3. The van der Waals surface area contributed by atoms with Crippen LogP contribution < -0.4 is 0 Å². The molecule has 0 aromatic heterocycles. The van der Waals surface area contributed by atoms with Crippen LogP contribution in [0.25, 0.3) is 0 Å². The van der Waals surface area contributed by atoms with Crippen molar-refractivity contribution in [3.8, 4) is 0 Å². The van der Waals surface area contributed by atoms with Gasteiger partial charge in [-0.25, -0.2) is 0 Å². The second kappa shape index (κ2) is 7.67. The fourth-order valence-corrected chi connectivity index (χ4v) is 2.83. The van der Waals surface area contributed by atoms with Crippen molar-refractivity contribution < 1.29 is 0 Å². The summed E-state index contributed by atoms with van der Waals surface area (Å²) in [5.41, 5.74) is 3.02. The Balaban J connectivity index is 2.57. The Morgan fingerprint density at radius 3 is 2.47 bits per heavy atom. The highest BCUT2D eigenvalue weighted by Crippen LogP contribution is 2.45. The molecule has 0 spiro atoms. The standard InChI is InChI=1S/C18H31N/c1-6-17(11-8-10-15(3)4)14-19-16(5)18(7-2)12-9-13-18/h6,14-15H,1,7-13H2,2-5H3/b17-14+,19-16?. The molecule has 0 N–H and O–H groups in total. The van der Waals surface area contributed by atoms with Gasteiger partial charge in [-0.3, -0.25) is 4.99 Å². The van der Waals surface area contributed by atoms with Crippen LogP contribution in [0, 0.1) is 11.3 Å². The minimum atomic E-state index is 0.417. The van der Waals surface area contributed by atoms with Crippen LogP contribution in [0.3, 0.4) is 0 Å². The van der Waals surface area contributed by atoms with E-state index < -0.39 is 0 Å². The summed E-state index contributed by atoms with van der Waals surface area (Å²) < 4.78 is 0. The van der Waals surface area contributed by atoms with Crippen molar-refractivity contribution in [3.63, 3.8) is 0 Å². The van der Waals surface area contributed by atoms with Crippen LogP contribution >= 0.6 is 0 Å². The van der Waals surface area contributed by atoms with Gasteiger partial charge in [-0.2, -0.15) is 0 Å². The molecule has 0 aromatic rings. The topological polar surface area (TPSA) is 12.4 Å². The van der Waals surface area contributed by atoms with Gasteiger partial charge in [-0.15, -0.1) is 0 Å². The Bertz CT molecular complexity index is 337. The predicted octanol–water partition coefficient (Wildman–Crippen LogP) is 5.92. The van der Waals surface area contributed by atoms with Gasteiger partial charge in [0.05, 0.1) is 0 Å². The second-order valence-electron chi connectivity index (χ2n) is 6.40. The van der Waals surface area contributed by atoms with Crippen molar-refractivity contribution in [1.82, 2.24) is 0 Å². The summed E-state index contributed by atoms with van der Waals surface area (Å²) in [4.78, 5) is 4.74. The van der Waals surface area contributed by atoms with Crippen LogP contribution in [-0.2, 0) is 0 Å². The van der Waals surface area contributed by atoms with Crippen LogP contribution in [0.1, 0.15) is 72.6 Å².